The third kappa shape index (κ3) is 2.64. The van der Waals surface area contributed by atoms with Crippen LogP contribution in [0.1, 0.15) is 5.69 Å². The van der Waals surface area contributed by atoms with Crippen LogP contribution in [0.3, 0.4) is 0 Å². The molecule has 7 nitrogen and oxygen atoms in total. The number of anilines is 1. The van der Waals surface area contributed by atoms with E-state index in [4.69, 9.17) is 5.73 Å². The molecular weight excluding hydrogens is 356 g/mol. The van der Waals surface area contributed by atoms with Gasteiger partial charge in [0, 0.05) is 11.8 Å². The number of pyridine rings is 2. The van der Waals surface area contributed by atoms with Crippen molar-refractivity contribution in [3.63, 3.8) is 0 Å². The number of halogens is 2. The predicted octanol–water partition coefficient (Wildman–Crippen LogP) is 2.13. The van der Waals surface area contributed by atoms with E-state index in [2.05, 4.69) is 15.2 Å². The predicted molar refractivity (Wildman–Crippen MR) is 95.2 cm³/mol. The molecule has 0 aliphatic carbocycles. The lowest BCUT2D eigenvalue weighted by Gasteiger charge is -2.12. The Morgan fingerprint density at radius 3 is 2.56 bits per heavy atom. The number of rotatable bonds is 3. The van der Waals surface area contributed by atoms with E-state index >= 15 is 0 Å². The maximum Gasteiger partial charge on any atom is 0.268 e. The number of aliphatic hydroxyl groups excluding tert-OH is 1. The minimum absolute atomic E-state index is 0.00801. The Hall–Kier alpha value is -3.59. The summed E-state index contributed by atoms with van der Waals surface area (Å²) in [4.78, 5) is 17.1. The van der Waals surface area contributed by atoms with E-state index in [1.807, 2.05) is 0 Å². The van der Waals surface area contributed by atoms with E-state index in [0.717, 1.165) is 16.7 Å². The first-order valence-electron chi connectivity index (χ1n) is 7.92. The molecule has 0 bridgehead atoms. The third-order valence-electron chi connectivity index (χ3n) is 4.18. The summed E-state index contributed by atoms with van der Waals surface area (Å²) in [5.41, 5.74) is 5.96. The molecule has 4 rings (SSSR count). The lowest BCUT2D eigenvalue weighted by atomic mass is 10.1. The number of aromatic amines is 1. The maximum absolute atomic E-state index is 14.3. The summed E-state index contributed by atoms with van der Waals surface area (Å²) in [5, 5.41) is 15.8. The van der Waals surface area contributed by atoms with Crippen molar-refractivity contribution in [3.8, 4) is 16.9 Å². The van der Waals surface area contributed by atoms with E-state index in [0.29, 0.717) is 17.0 Å². The SMILES string of the molecule is Nc1n[nH]c2c(-c3cccc(CO)n3)cn(-c3c(F)cccc3F)c(=O)c12. The second kappa shape index (κ2) is 6.29. The van der Waals surface area contributed by atoms with E-state index in [1.165, 1.54) is 12.3 Å². The highest BCUT2D eigenvalue weighted by molar-refractivity contribution is 5.97. The highest BCUT2D eigenvalue weighted by Crippen LogP contribution is 2.28. The van der Waals surface area contributed by atoms with Gasteiger partial charge in [-0.25, -0.2) is 8.78 Å². The zero-order valence-corrected chi connectivity index (χ0v) is 13.8. The van der Waals surface area contributed by atoms with Crippen LogP contribution in [0, 0.1) is 11.6 Å². The van der Waals surface area contributed by atoms with Crippen molar-refractivity contribution in [1.29, 1.82) is 0 Å². The highest BCUT2D eigenvalue weighted by Gasteiger charge is 2.20. The average molecular weight is 369 g/mol. The van der Waals surface area contributed by atoms with Crippen LogP contribution < -0.4 is 11.3 Å². The van der Waals surface area contributed by atoms with Crippen LogP contribution in [-0.4, -0.2) is 24.9 Å². The van der Waals surface area contributed by atoms with E-state index < -0.39 is 22.9 Å². The summed E-state index contributed by atoms with van der Waals surface area (Å²) in [7, 11) is 0. The fourth-order valence-corrected chi connectivity index (χ4v) is 2.94. The number of benzene rings is 1. The Morgan fingerprint density at radius 1 is 1.15 bits per heavy atom. The molecular formula is C18H13F2N5O2. The second-order valence-electron chi connectivity index (χ2n) is 5.82. The molecule has 0 amide bonds. The molecule has 3 heterocycles. The summed E-state index contributed by atoms with van der Waals surface area (Å²) in [5.74, 6) is -1.90. The van der Waals surface area contributed by atoms with Crippen molar-refractivity contribution in [1.82, 2.24) is 19.7 Å². The minimum Gasteiger partial charge on any atom is -0.390 e. The number of hydrogen-bond acceptors (Lipinski definition) is 5. The smallest absolute Gasteiger partial charge is 0.268 e. The largest absolute Gasteiger partial charge is 0.390 e. The van der Waals surface area contributed by atoms with Crippen LogP contribution in [0.25, 0.3) is 27.8 Å². The fraction of sp³-hybridized carbons (Fsp3) is 0.0556. The van der Waals surface area contributed by atoms with Gasteiger partial charge in [0.2, 0.25) is 0 Å². The van der Waals surface area contributed by atoms with Gasteiger partial charge in [-0.15, -0.1) is 0 Å². The number of nitrogens with two attached hydrogens (primary N) is 1. The Bertz CT molecular complexity index is 1210. The second-order valence-corrected chi connectivity index (χ2v) is 5.82. The molecule has 0 radical (unpaired) electrons. The number of nitrogens with zero attached hydrogens (tertiary/aromatic N) is 3. The molecule has 4 aromatic rings. The molecule has 0 aliphatic heterocycles. The van der Waals surface area contributed by atoms with Gasteiger partial charge in [0.1, 0.15) is 22.7 Å². The van der Waals surface area contributed by atoms with Gasteiger partial charge in [-0.2, -0.15) is 5.10 Å². The van der Waals surface area contributed by atoms with Crippen molar-refractivity contribution < 1.29 is 13.9 Å². The summed E-state index contributed by atoms with van der Waals surface area (Å²) >= 11 is 0. The molecule has 0 fully saturated rings. The molecule has 0 aliphatic rings. The van der Waals surface area contributed by atoms with E-state index in [1.54, 1.807) is 18.2 Å². The van der Waals surface area contributed by atoms with Crippen LogP contribution in [0.2, 0.25) is 0 Å². The fourth-order valence-electron chi connectivity index (χ4n) is 2.94. The molecule has 0 atom stereocenters. The van der Waals surface area contributed by atoms with Crippen molar-refractivity contribution >= 4 is 16.7 Å². The minimum atomic E-state index is -0.901. The van der Waals surface area contributed by atoms with Crippen molar-refractivity contribution in [2.75, 3.05) is 5.73 Å². The number of aromatic nitrogens is 4. The van der Waals surface area contributed by atoms with E-state index in [9.17, 15) is 18.7 Å². The summed E-state index contributed by atoms with van der Waals surface area (Å²) in [6.07, 6.45) is 1.27. The van der Waals surface area contributed by atoms with Gasteiger partial charge in [0.25, 0.3) is 5.56 Å². The van der Waals surface area contributed by atoms with Crippen LogP contribution in [0.5, 0.6) is 0 Å². The van der Waals surface area contributed by atoms with Gasteiger partial charge >= 0.3 is 0 Å². The Labute approximate surface area is 150 Å². The molecule has 9 heteroatoms. The lowest BCUT2D eigenvalue weighted by Crippen LogP contribution is -2.21. The van der Waals surface area contributed by atoms with Crippen LogP contribution in [0.4, 0.5) is 14.6 Å². The molecule has 0 spiro atoms. The van der Waals surface area contributed by atoms with Crippen LogP contribution in [0.15, 0.2) is 47.4 Å². The van der Waals surface area contributed by atoms with Crippen LogP contribution in [-0.2, 0) is 6.61 Å². The molecule has 1 aromatic carbocycles. The lowest BCUT2D eigenvalue weighted by molar-refractivity contribution is 0.277. The Kier molecular flexibility index (Phi) is 3.93. The molecule has 4 N–H and O–H groups in total. The van der Waals surface area contributed by atoms with Crippen molar-refractivity contribution in [2.45, 2.75) is 6.61 Å². The first kappa shape index (κ1) is 16.9. The first-order chi connectivity index (χ1) is 13.0. The normalized spacial score (nSPS) is 11.2. The third-order valence-corrected chi connectivity index (χ3v) is 4.18. The quantitative estimate of drug-likeness (QED) is 0.512. The average Bonchev–Trinajstić information content (AvgIpc) is 3.05. The number of aliphatic hydroxyl groups is 1. The summed E-state index contributed by atoms with van der Waals surface area (Å²) < 4.78 is 29.4. The molecule has 0 unspecified atom stereocenters. The molecule has 136 valence electrons. The van der Waals surface area contributed by atoms with Gasteiger partial charge in [-0.05, 0) is 24.3 Å². The van der Waals surface area contributed by atoms with Crippen molar-refractivity contribution in [2.24, 2.45) is 0 Å². The summed E-state index contributed by atoms with van der Waals surface area (Å²) in [6, 6.07) is 8.23. The first-order valence-corrected chi connectivity index (χ1v) is 7.92. The standard InChI is InChI=1S/C18H13F2N5O2/c19-11-4-2-5-12(20)16(11)25-7-10(13-6-1-3-9(8-26)22-13)15-14(18(25)27)17(21)24-23-15/h1-7,26H,8H2,(H3,21,23,24). The number of hydrogen-bond donors (Lipinski definition) is 3. The van der Waals surface area contributed by atoms with Crippen LogP contribution >= 0.6 is 0 Å². The topological polar surface area (TPSA) is 110 Å². The van der Waals surface area contributed by atoms with Gasteiger partial charge in [-0.3, -0.25) is 19.4 Å². The molecule has 3 aromatic heterocycles. The maximum atomic E-state index is 14.3. The molecule has 0 saturated carbocycles. The van der Waals surface area contributed by atoms with Gasteiger partial charge in [0.15, 0.2) is 5.82 Å². The molecule has 27 heavy (non-hydrogen) atoms. The van der Waals surface area contributed by atoms with Gasteiger partial charge in [0.05, 0.1) is 23.5 Å². The summed E-state index contributed by atoms with van der Waals surface area (Å²) in [6.45, 7) is -0.288. The van der Waals surface area contributed by atoms with Gasteiger partial charge in [-0.1, -0.05) is 12.1 Å². The Morgan fingerprint density at radius 2 is 1.85 bits per heavy atom. The zero-order valence-electron chi connectivity index (χ0n) is 13.8. The number of fused-ring (bicyclic) bond motifs is 1. The number of nitrogens with one attached hydrogen (secondary N) is 1. The zero-order chi connectivity index (χ0) is 19.1. The van der Waals surface area contributed by atoms with E-state index in [-0.39, 0.29) is 23.3 Å². The number of para-hydroxylation sites is 1. The van der Waals surface area contributed by atoms with Crippen molar-refractivity contribution in [3.05, 3.63) is 70.3 Å². The number of H-pyrrole nitrogens is 1. The van der Waals surface area contributed by atoms with Gasteiger partial charge < -0.3 is 10.8 Å². The monoisotopic (exact) mass is 369 g/mol. The highest BCUT2D eigenvalue weighted by atomic mass is 19.1. The molecule has 0 saturated heterocycles. The number of nitrogen functional groups attached to an aromatic ring is 1. The Balaban J connectivity index is 2.12.